The lowest BCUT2D eigenvalue weighted by Crippen LogP contribution is -2.31. The monoisotopic (exact) mass is 227 g/mol. The quantitative estimate of drug-likeness (QED) is 0.533. The Kier molecular flexibility index (Phi) is 2.41. The first-order chi connectivity index (χ1) is 8.04. The van der Waals surface area contributed by atoms with Gasteiger partial charge in [0.15, 0.2) is 0 Å². The second-order valence-corrected chi connectivity index (χ2v) is 3.61. The fourth-order valence-corrected chi connectivity index (χ4v) is 1.74. The van der Waals surface area contributed by atoms with Gasteiger partial charge in [0.2, 0.25) is 5.78 Å². The van der Waals surface area contributed by atoms with Gasteiger partial charge >= 0.3 is 0 Å². The Hall–Kier alpha value is -2.61. The number of benzene rings is 1. The van der Waals surface area contributed by atoms with E-state index in [-0.39, 0.29) is 5.56 Å². The number of carboxylic acid groups (broad SMARTS) is 1. The smallest absolute Gasteiger partial charge is 0.210 e. The Balaban J connectivity index is 2.73. The zero-order valence-corrected chi connectivity index (χ0v) is 8.93. The van der Waals surface area contributed by atoms with Gasteiger partial charge in [-0.05, 0) is 12.1 Å². The van der Waals surface area contributed by atoms with E-state index in [1.165, 1.54) is 12.3 Å². The zero-order valence-electron chi connectivity index (χ0n) is 8.93. The highest BCUT2D eigenvalue weighted by Gasteiger charge is 2.14. The molecule has 17 heavy (non-hydrogen) atoms. The maximum atomic E-state index is 11.4. The predicted octanol–water partition coefficient (Wildman–Crippen LogP) is -0.0174. The Morgan fingerprint density at radius 2 is 2.12 bits per heavy atom. The van der Waals surface area contributed by atoms with Crippen molar-refractivity contribution >= 4 is 22.7 Å². The number of carboxylic acids is 1. The Morgan fingerprint density at radius 3 is 2.71 bits per heavy atom. The minimum Gasteiger partial charge on any atom is -0.541 e. The third kappa shape index (κ3) is 1.66. The van der Waals surface area contributed by atoms with Crippen LogP contribution in [0.5, 0.6) is 0 Å². The first-order valence-corrected chi connectivity index (χ1v) is 4.79. The van der Waals surface area contributed by atoms with Crippen molar-refractivity contribution in [1.82, 2.24) is 4.57 Å². The van der Waals surface area contributed by atoms with Crippen molar-refractivity contribution in [2.24, 2.45) is 7.05 Å². The lowest BCUT2D eigenvalue weighted by Gasteiger charge is -1.99. The van der Waals surface area contributed by atoms with Gasteiger partial charge in [0.25, 0.3) is 0 Å². The molecule has 0 bridgehead atoms. The highest BCUT2D eigenvalue weighted by Crippen LogP contribution is 2.22. The lowest BCUT2D eigenvalue weighted by atomic mass is 10.1. The van der Waals surface area contributed by atoms with E-state index in [4.69, 9.17) is 5.26 Å². The number of hydrogen-bond acceptors (Lipinski definition) is 4. The van der Waals surface area contributed by atoms with Gasteiger partial charge in [0, 0.05) is 29.7 Å². The van der Waals surface area contributed by atoms with Gasteiger partial charge < -0.3 is 14.5 Å². The highest BCUT2D eigenvalue weighted by atomic mass is 16.4. The molecule has 5 nitrogen and oxygen atoms in total. The molecule has 2 aromatic rings. The maximum absolute atomic E-state index is 11.4. The van der Waals surface area contributed by atoms with Crippen LogP contribution in [0.2, 0.25) is 0 Å². The summed E-state index contributed by atoms with van der Waals surface area (Å²) in [5.74, 6) is -2.79. The van der Waals surface area contributed by atoms with Crippen molar-refractivity contribution in [2.45, 2.75) is 0 Å². The zero-order chi connectivity index (χ0) is 12.6. The molecule has 1 aromatic carbocycles. The topological polar surface area (TPSA) is 85.9 Å². The molecular formula is C12H7N2O3-. The summed E-state index contributed by atoms with van der Waals surface area (Å²) in [5.41, 5.74) is 1.16. The van der Waals surface area contributed by atoms with E-state index in [0.29, 0.717) is 16.5 Å². The van der Waals surface area contributed by atoms with Crippen LogP contribution in [-0.4, -0.2) is 16.3 Å². The van der Waals surface area contributed by atoms with E-state index in [2.05, 4.69) is 0 Å². The molecule has 0 unspecified atom stereocenters. The molecule has 0 saturated carbocycles. The summed E-state index contributed by atoms with van der Waals surface area (Å²) >= 11 is 0. The number of carbonyl (C=O) groups excluding carboxylic acids is 2. The highest BCUT2D eigenvalue weighted by molar-refractivity contribution is 6.41. The van der Waals surface area contributed by atoms with E-state index in [1.807, 2.05) is 6.07 Å². The number of aryl methyl sites for hydroxylation is 1. The minimum absolute atomic E-state index is 0.0759. The third-order valence-corrected chi connectivity index (χ3v) is 2.55. The summed E-state index contributed by atoms with van der Waals surface area (Å²) < 4.78 is 1.60. The lowest BCUT2D eigenvalue weighted by molar-refractivity contribution is -0.296. The molecule has 5 heteroatoms. The van der Waals surface area contributed by atoms with Crippen molar-refractivity contribution < 1.29 is 14.7 Å². The summed E-state index contributed by atoms with van der Waals surface area (Å²) in [6.07, 6.45) is 1.42. The number of aliphatic carboxylic acids is 1. The molecule has 0 aliphatic heterocycles. The van der Waals surface area contributed by atoms with E-state index in [1.54, 1.807) is 23.7 Å². The van der Waals surface area contributed by atoms with Crippen LogP contribution in [0.25, 0.3) is 10.9 Å². The Morgan fingerprint density at radius 1 is 1.41 bits per heavy atom. The largest absolute Gasteiger partial charge is 0.541 e. The van der Waals surface area contributed by atoms with Gasteiger partial charge in [-0.1, -0.05) is 6.07 Å². The molecule has 0 N–H and O–H groups in total. The Labute approximate surface area is 96.5 Å². The van der Waals surface area contributed by atoms with Gasteiger partial charge in [0.1, 0.15) is 5.97 Å². The molecule has 2 rings (SSSR count). The van der Waals surface area contributed by atoms with Gasteiger partial charge in [0.05, 0.1) is 11.6 Å². The van der Waals surface area contributed by atoms with E-state index in [9.17, 15) is 14.7 Å². The third-order valence-electron chi connectivity index (χ3n) is 2.55. The fraction of sp³-hybridized carbons (Fsp3) is 0.0833. The second-order valence-electron chi connectivity index (χ2n) is 3.61. The molecule has 1 heterocycles. The standard InChI is InChI=1S/C12H8N2O3/c1-14-6-9(11(15)12(16)17)8-3-2-7(5-13)4-10(8)14/h2-4,6H,1H3,(H,16,17)/p-1. The summed E-state index contributed by atoms with van der Waals surface area (Å²) in [7, 11) is 1.68. The first kappa shape index (κ1) is 10.9. The fourth-order valence-electron chi connectivity index (χ4n) is 1.74. The number of hydrogen-bond donors (Lipinski definition) is 0. The van der Waals surface area contributed by atoms with Crippen molar-refractivity contribution in [3.8, 4) is 6.07 Å². The van der Waals surface area contributed by atoms with E-state index >= 15 is 0 Å². The number of Topliss-reactive ketones (excluding diaryl/α,β-unsaturated/α-hetero) is 1. The summed E-state index contributed by atoms with van der Waals surface area (Å²) in [5, 5.41) is 19.8. The Bertz CT molecular complexity index is 677. The van der Waals surface area contributed by atoms with Crippen LogP contribution in [-0.2, 0) is 11.8 Å². The maximum Gasteiger partial charge on any atom is 0.210 e. The van der Waals surface area contributed by atoms with Crippen LogP contribution in [0.15, 0.2) is 24.4 Å². The summed E-state index contributed by atoms with van der Waals surface area (Å²) in [6, 6.07) is 6.67. The van der Waals surface area contributed by atoms with E-state index in [0.717, 1.165) is 0 Å². The number of carbonyl (C=O) groups is 2. The van der Waals surface area contributed by atoms with Crippen LogP contribution < -0.4 is 5.11 Å². The number of nitriles is 1. The number of aromatic nitrogens is 1. The van der Waals surface area contributed by atoms with Gasteiger partial charge in [-0.25, -0.2) is 0 Å². The first-order valence-electron chi connectivity index (χ1n) is 4.79. The minimum atomic E-state index is -1.73. The average molecular weight is 227 g/mol. The van der Waals surface area contributed by atoms with Crippen LogP contribution >= 0.6 is 0 Å². The van der Waals surface area contributed by atoms with E-state index < -0.39 is 11.8 Å². The molecule has 1 aromatic heterocycles. The van der Waals surface area contributed by atoms with Gasteiger partial charge in [-0.15, -0.1) is 0 Å². The molecule has 84 valence electrons. The van der Waals surface area contributed by atoms with Crippen molar-refractivity contribution in [2.75, 3.05) is 0 Å². The normalized spacial score (nSPS) is 10.1. The molecule has 0 radical (unpaired) electrons. The van der Waals surface area contributed by atoms with Crippen molar-refractivity contribution in [3.05, 3.63) is 35.5 Å². The number of nitrogens with zero attached hydrogens (tertiary/aromatic N) is 2. The van der Waals surface area contributed by atoms with Crippen LogP contribution in [0.1, 0.15) is 15.9 Å². The number of ketones is 1. The molecule has 0 saturated heterocycles. The van der Waals surface area contributed by atoms with Crippen LogP contribution in [0.3, 0.4) is 0 Å². The predicted molar refractivity (Wildman–Crippen MR) is 57.0 cm³/mol. The second kappa shape index (κ2) is 3.76. The SMILES string of the molecule is Cn1cc(C(=O)C(=O)[O-])c2ccc(C#N)cc21. The van der Waals surface area contributed by atoms with Crippen LogP contribution in [0.4, 0.5) is 0 Å². The molecule has 0 fully saturated rings. The van der Waals surface area contributed by atoms with Crippen molar-refractivity contribution in [1.29, 1.82) is 5.26 Å². The van der Waals surface area contributed by atoms with Gasteiger partial charge in [-0.3, -0.25) is 4.79 Å². The molecule has 0 aliphatic rings. The number of fused-ring (bicyclic) bond motifs is 1. The van der Waals surface area contributed by atoms with Crippen molar-refractivity contribution in [3.63, 3.8) is 0 Å². The summed E-state index contributed by atoms with van der Waals surface area (Å²) in [6.45, 7) is 0. The summed E-state index contributed by atoms with van der Waals surface area (Å²) in [4.78, 5) is 21.9. The molecule has 0 spiro atoms. The molecular weight excluding hydrogens is 220 g/mol. The van der Waals surface area contributed by atoms with Gasteiger partial charge in [-0.2, -0.15) is 5.26 Å². The average Bonchev–Trinajstić information content (AvgIpc) is 2.65. The molecule has 0 aliphatic carbocycles. The number of rotatable bonds is 2. The van der Waals surface area contributed by atoms with Crippen LogP contribution in [0, 0.1) is 11.3 Å². The molecule has 0 amide bonds. The molecule has 0 atom stereocenters.